The fourth-order valence-corrected chi connectivity index (χ4v) is 2.35. The highest BCUT2D eigenvalue weighted by Crippen LogP contribution is 2.23. The third-order valence-corrected chi connectivity index (χ3v) is 3.46. The molecule has 3 rings (SSSR count). The van der Waals surface area contributed by atoms with Gasteiger partial charge < -0.3 is 10.1 Å². The molecular weight excluding hydrogens is 338 g/mol. The van der Waals surface area contributed by atoms with Gasteiger partial charge in [-0.15, -0.1) is 13.2 Å². The molecule has 0 aliphatic heterocycles. The summed E-state index contributed by atoms with van der Waals surface area (Å²) in [6.07, 6.45) is -2.79. The molecule has 0 bridgehead atoms. The SMILES string of the molecule is Fc1ccc2c(NCCc3ccc(OC(F)(F)F)cc3)ncnc2c1. The number of fused-ring (bicyclic) bond motifs is 1. The number of nitrogens with one attached hydrogen (secondary N) is 1. The summed E-state index contributed by atoms with van der Waals surface area (Å²) in [4.78, 5) is 8.14. The molecule has 0 amide bonds. The van der Waals surface area contributed by atoms with Gasteiger partial charge in [-0.1, -0.05) is 12.1 Å². The van der Waals surface area contributed by atoms with E-state index in [0.29, 0.717) is 29.7 Å². The van der Waals surface area contributed by atoms with E-state index in [9.17, 15) is 17.6 Å². The fourth-order valence-electron chi connectivity index (χ4n) is 2.35. The van der Waals surface area contributed by atoms with Crippen LogP contribution in [0.15, 0.2) is 48.8 Å². The third kappa shape index (κ3) is 4.56. The summed E-state index contributed by atoms with van der Waals surface area (Å²) in [5.74, 6) is -0.0617. The largest absolute Gasteiger partial charge is 0.573 e. The smallest absolute Gasteiger partial charge is 0.406 e. The van der Waals surface area contributed by atoms with Crippen molar-refractivity contribution < 1.29 is 22.3 Å². The lowest BCUT2D eigenvalue weighted by molar-refractivity contribution is -0.274. The first-order chi connectivity index (χ1) is 11.9. The van der Waals surface area contributed by atoms with Crippen LogP contribution < -0.4 is 10.1 Å². The maximum atomic E-state index is 13.2. The zero-order valence-electron chi connectivity index (χ0n) is 12.8. The molecule has 0 radical (unpaired) electrons. The number of nitrogens with zero attached hydrogens (tertiary/aromatic N) is 2. The van der Waals surface area contributed by atoms with E-state index in [2.05, 4.69) is 20.0 Å². The van der Waals surface area contributed by atoms with Gasteiger partial charge in [-0.2, -0.15) is 0 Å². The second-order valence-corrected chi connectivity index (χ2v) is 5.25. The van der Waals surface area contributed by atoms with Gasteiger partial charge in [0, 0.05) is 18.0 Å². The number of ether oxygens (including phenoxy) is 1. The number of rotatable bonds is 5. The first-order valence-electron chi connectivity index (χ1n) is 7.39. The Hall–Kier alpha value is -2.90. The molecule has 130 valence electrons. The standard InChI is InChI=1S/C17H13F4N3O/c18-12-3-6-14-15(9-12)23-10-24-16(14)22-8-7-11-1-4-13(5-2-11)25-17(19,20)21/h1-6,9-10H,7-8H2,(H,22,23,24). The molecule has 1 heterocycles. The molecule has 0 saturated heterocycles. The Morgan fingerprint density at radius 1 is 1.00 bits per heavy atom. The first kappa shape index (κ1) is 16.9. The van der Waals surface area contributed by atoms with Gasteiger partial charge in [0.2, 0.25) is 0 Å². The molecule has 0 spiro atoms. The van der Waals surface area contributed by atoms with Gasteiger partial charge in [0.25, 0.3) is 0 Å². The molecule has 0 aliphatic carbocycles. The number of anilines is 1. The Morgan fingerprint density at radius 3 is 2.48 bits per heavy atom. The topological polar surface area (TPSA) is 47.0 Å². The van der Waals surface area contributed by atoms with E-state index in [1.165, 1.54) is 30.6 Å². The van der Waals surface area contributed by atoms with Gasteiger partial charge in [0.15, 0.2) is 0 Å². The van der Waals surface area contributed by atoms with Crippen LogP contribution in [-0.4, -0.2) is 22.9 Å². The number of aromatic nitrogens is 2. The van der Waals surface area contributed by atoms with Crippen LogP contribution in [0.5, 0.6) is 5.75 Å². The van der Waals surface area contributed by atoms with Crippen molar-refractivity contribution in [2.45, 2.75) is 12.8 Å². The van der Waals surface area contributed by atoms with Crippen molar-refractivity contribution in [3.63, 3.8) is 0 Å². The van der Waals surface area contributed by atoms with E-state index in [0.717, 1.165) is 5.56 Å². The van der Waals surface area contributed by atoms with E-state index in [1.54, 1.807) is 18.2 Å². The summed E-state index contributed by atoms with van der Waals surface area (Å²) in [6, 6.07) is 9.91. The van der Waals surface area contributed by atoms with Crippen molar-refractivity contribution in [3.8, 4) is 5.75 Å². The van der Waals surface area contributed by atoms with Crippen LogP contribution in [0.4, 0.5) is 23.4 Å². The van der Waals surface area contributed by atoms with Gasteiger partial charge in [0.1, 0.15) is 23.7 Å². The van der Waals surface area contributed by atoms with E-state index in [1.807, 2.05) is 0 Å². The van der Waals surface area contributed by atoms with Crippen LogP contribution in [0.25, 0.3) is 10.9 Å². The van der Waals surface area contributed by atoms with Crippen LogP contribution in [0, 0.1) is 5.82 Å². The molecule has 8 heteroatoms. The van der Waals surface area contributed by atoms with Gasteiger partial charge >= 0.3 is 6.36 Å². The van der Waals surface area contributed by atoms with Gasteiger partial charge in [-0.05, 0) is 36.2 Å². The quantitative estimate of drug-likeness (QED) is 0.696. The molecule has 1 N–H and O–H groups in total. The number of alkyl halides is 3. The minimum Gasteiger partial charge on any atom is -0.406 e. The molecule has 25 heavy (non-hydrogen) atoms. The molecule has 4 nitrogen and oxygen atoms in total. The minimum atomic E-state index is -4.70. The summed E-state index contributed by atoms with van der Waals surface area (Å²) < 4.78 is 53.4. The van der Waals surface area contributed by atoms with Crippen molar-refractivity contribution in [1.82, 2.24) is 9.97 Å². The van der Waals surface area contributed by atoms with Gasteiger partial charge in [0.05, 0.1) is 5.52 Å². The number of benzene rings is 2. The maximum absolute atomic E-state index is 13.2. The molecule has 0 saturated carbocycles. The third-order valence-electron chi connectivity index (χ3n) is 3.46. The second-order valence-electron chi connectivity index (χ2n) is 5.25. The van der Waals surface area contributed by atoms with Crippen LogP contribution in [0.1, 0.15) is 5.56 Å². The molecule has 3 aromatic rings. The van der Waals surface area contributed by atoms with Crippen molar-refractivity contribution in [2.75, 3.05) is 11.9 Å². The Balaban J connectivity index is 1.62. The minimum absolute atomic E-state index is 0.256. The summed E-state index contributed by atoms with van der Waals surface area (Å²) in [6.45, 7) is 0.503. The van der Waals surface area contributed by atoms with E-state index in [4.69, 9.17) is 0 Å². The highest BCUT2D eigenvalue weighted by molar-refractivity contribution is 5.88. The molecule has 0 fully saturated rings. The Bertz CT molecular complexity index is 866. The number of hydrogen-bond donors (Lipinski definition) is 1. The highest BCUT2D eigenvalue weighted by atomic mass is 19.4. The molecular formula is C17H13F4N3O. The summed E-state index contributed by atoms with van der Waals surface area (Å²) in [7, 11) is 0. The predicted octanol–water partition coefficient (Wildman–Crippen LogP) is 4.32. The van der Waals surface area contributed by atoms with Crippen molar-refractivity contribution in [2.24, 2.45) is 0 Å². The Labute approximate surface area is 140 Å². The van der Waals surface area contributed by atoms with Gasteiger partial charge in [-0.3, -0.25) is 0 Å². The van der Waals surface area contributed by atoms with Crippen LogP contribution in [0.3, 0.4) is 0 Å². The highest BCUT2D eigenvalue weighted by Gasteiger charge is 2.30. The van der Waals surface area contributed by atoms with Crippen LogP contribution in [-0.2, 0) is 6.42 Å². The Kier molecular flexibility index (Phi) is 4.69. The zero-order chi connectivity index (χ0) is 17.9. The summed E-state index contributed by atoms with van der Waals surface area (Å²) >= 11 is 0. The average molecular weight is 351 g/mol. The lowest BCUT2D eigenvalue weighted by atomic mass is 10.1. The summed E-state index contributed by atoms with van der Waals surface area (Å²) in [5, 5.41) is 3.82. The number of halogens is 4. The molecule has 0 aliphatic rings. The zero-order valence-corrected chi connectivity index (χ0v) is 12.8. The monoisotopic (exact) mass is 351 g/mol. The fraction of sp³-hybridized carbons (Fsp3) is 0.176. The molecule has 1 aromatic heterocycles. The van der Waals surface area contributed by atoms with Crippen molar-refractivity contribution in [1.29, 1.82) is 0 Å². The van der Waals surface area contributed by atoms with Crippen molar-refractivity contribution >= 4 is 16.7 Å². The average Bonchev–Trinajstić information content (AvgIpc) is 2.55. The van der Waals surface area contributed by atoms with Gasteiger partial charge in [-0.25, -0.2) is 14.4 Å². The second kappa shape index (κ2) is 6.92. The van der Waals surface area contributed by atoms with E-state index >= 15 is 0 Å². The lowest BCUT2D eigenvalue weighted by Gasteiger charge is -2.10. The molecule has 0 atom stereocenters. The maximum Gasteiger partial charge on any atom is 0.573 e. The first-order valence-corrected chi connectivity index (χ1v) is 7.39. The molecule has 0 unspecified atom stereocenters. The number of hydrogen-bond acceptors (Lipinski definition) is 4. The molecule has 2 aromatic carbocycles. The van der Waals surface area contributed by atoms with Crippen molar-refractivity contribution in [3.05, 3.63) is 60.2 Å². The summed E-state index contributed by atoms with van der Waals surface area (Å²) in [5.41, 5.74) is 1.33. The lowest BCUT2D eigenvalue weighted by Crippen LogP contribution is -2.17. The predicted molar refractivity (Wildman–Crippen MR) is 84.8 cm³/mol. The Morgan fingerprint density at radius 2 is 1.76 bits per heavy atom. The van der Waals surface area contributed by atoms with E-state index < -0.39 is 6.36 Å². The van der Waals surface area contributed by atoms with Crippen LogP contribution >= 0.6 is 0 Å². The normalized spacial score (nSPS) is 11.5. The van der Waals surface area contributed by atoms with Crippen LogP contribution in [0.2, 0.25) is 0 Å². The van der Waals surface area contributed by atoms with E-state index in [-0.39, 0.29) is 11.6 Å².